The molecule has 3 nitrogen and oxygen atoms in total. The van der Waals surface area contributed by atoms with Gasteiger partial charge in [0, 0.05) is 18.5 Å². The van der Waals surface area contributed by atoms with E-state index in [-0.39, 0.29) is 11.4 Å². The van der Waals surface area contributed by atoms with Crippen LogP contribution in [0.1, 0.15) is 56.9 Å². The first kappa shape index (κ1) is 14.3. The molecule has 2 atom stereocenters. The smallest absolute Gasteiger partial charge is 0.220 e. The first-order valence-corrected chi connectivity index (χ1v) is 8.86. The van der Waals surface area contributed by atoms with E-state index in [1.165, 1.54) is 37.7 Å². The lowest BCUT2D eigenvalue weighted by Crippen LogP contribution is -2.51. The second kappa shape index (κ2) is 5.69. The minimum Gasteiger partial charge on any atom is -0.347 e. The molecule has 2 bridgehead atoms. The number of amides is 1. The van der Waals surface area contributed by atoms with Crippen molar-refractivity contribution in [3.8, 4) is 0 Å². The Morgan fingerprint density at radius 1 is 1.14 bits per heavy atom. The summed E-state index contributed by atoms with van der Waals surface area (Å²) in [7, 11) is 0. The summed E-state index contributed by atoms with van der Waals surface area (Å²) in [5.74, 6) is 0.835. The summed E-state index contributed by atoms with van der Waals surface area (Å²) in [6.07, 6.45) is 9.06. The van der Waals surface area contributed by atoms with Crippen molar-refractivity contribution >= 4 is 5.91 Å². The topological polar surface area (TPSA) is 41.1 Å². The molecule has 2 heterocycles. The molecule has 22 heavy (non-hydrogen) atoms. The van der Waals surface area contributed by atoms with E-state index in [9.17, 15) is 4.79 Å². The van der Waals surface area contributed by atoms with Gasteiger partial charge in [-0.2, -0.15) is 0 Å². The van der Waals surface area contributed by atoms with E-state index in [1.807, 2.05) is 6.07 Å². The second-order valence-corrected chi connectivity index (χ2v) is 7.53. The molecular weight excluding hydrogens is 272 g/mol. The van der Waals surface area contributed by atoms with Crippen LogP contribution in [0.2, 0.25) is 0 Å². The van der Waals surface area contributed by atoms with E-state index >= 15 is 0 Å². The van der Waals surface area contributed by atoms with E-state index in [1.54, 1.807) is 0 Å². The monoisotopic (exact) mass is 298 g/mol. The molecule has 118 valence electrons. The van der Waals surface area contributed by atoms with Gasteiger partial charge in [-0.3, -0.25) is 4.79 Å². The van der Waals surface area contributed by atoms with E-state index in [4.69, 9.17) is 0 Å². The molecule has 4 rings (SSSR count). The second-order valence-electron chi connectivity index (χ2n) is 7.53. The highest BCUT2D eigenvalue weighted by Gasteiger charge is 2.41. The Kier molecular flexibility index (Phi) is 3.69. The molecule has 0 aromatic heterocycles. The standard InChI is InChI=1S/C19H26N2O/c22-18(13-14-11-16-7-8-17(12-14)20-16)21-19(9-4-10-19)15-5-2-1-3-6-15/h1-3,5-6,14,16-17,20H,4,7-13H2,(H,21,22). The molecule has 1 aromatic carbocycles. The van der Waals surface area contributed by atoms with Gasteiger partial charge in [-0.05, 0) is 56.4 Å². The lowest BCUT2D eigenvalue weighted by Gasteiger charge is -2.43. The Labute approximate surface area is 132 Å². The number of nitrogens with one attached hydrogen (secondary N) is 2. The molecule has 3 fully saturated rings. The highest BCUT2D eigenvalue weighted by Crippen LogP contribution is 2.41. The number of hydrogen-bond acceptors (Lipinski definition) is 2. The summed E-state index contributed by atoms with van der Waals surface area (Å²) in [6.45, 7) is 0. The summed E-state index contributed by atoms with van der Waals surface area (Å²) < 4.78 is 0. The third kappa shape index (κ3) is 2.67. The largest absolute Gasteiger partial charge is 0.347 e. The van der Waals surface area contributed by atoms with Gasteiger partial charge in [0.15, 0.2) is 0 Å². The van der Waals surface area contributed by atoms with Gasteiger partial charge in [-0.1, -0.05) is 30.3 Å². The van der Waals surface area contributed by atoms with Crippen LogP contribution in [0, 0.1) is 5.92 Å². The minimum atomic E-state index is -0.0791. The molecule has 1 aromatic rings. The number of carbonyl (C=O) groups excluding carboxylic acids is 1. The minimum absolute atomic E-state index is 0.0791. The Hall–Kier alpha value is -1.35. The predicted molar refractivity (Wildman–Crippen MR) is 87.4 cm³/mol. The van der Waals surface area contributed by atoms with Crippen LogP contribution < -0.4 is 10.6 Å². The van der Waals surface area contributed by atoms with Crippen LogP contribution in [0.25, 0.3) is 0 Å². The molecule has 2 saturated heterocycles. The highest BCUT2D eigenvalue weighted by molar-refractivity contribution is 5.77. The fourth-order valence-corrected chi connectivity index (χ4v) is 4.70. The van der Waals surface area contributed by atoms with Gasteiger partial charge in [-0.15, -0.1) is 0 Å². The summed E-state index contributed by atoms with van der Waals surface area (Å²) in [5.41, 5.74) is 1.20. The maximum absolute atomic E-state index is 12.6. The van der Waals surface area contributed by atoms with Crippen LogP contribution in [0.3, 0.4) is 0 Å². The van der Waals surface area contributed by atoms with Crippen molar-refractivity contribution in [3.05, 3.63) is 35.9 Å². The Bertz CT molecular complexity index is 526. The molecule has 0 radical (unpaired) electrons. The van der Waals surface area contributed by atoms with E-state index in [0.29, 0.717) is 24.4 Å². The maximum Gasteiger partial charge on any atom is 0.220 e. The van der Waals surface area contributed by atoms with Crippen LogP contribution in [0.4, 0.5) is 0 Å². The van der Waals surface area contributed by atoms with Crippen molar-refractivity contribution in [2.45, 2.75) is 69.0 Å². The number of rotatable bonds is 4. The summed E-state index contributed by atoms with van der Waals surface area (Å²) >= 11 is 0. The van der Waals surface area contributed by atoms with Crippen LogP contribution >= 0.6 is 0 Å². The molecule has 3 aliphatic rings. The van der Waals surface area contributed by atoms with Gasteiger partial charge in [0.05, 0.1) is 5.54 Å². The Morgan fingerprint density at radius 2 is 1.82 bits per heavy atom. The molecule has 1 saturated carbocycles. The van der Waals surface area contributed by atoms with Gasteiger partial charge < -0.3 is 10.6 Å². The van der Waals surface area contributed by atoms with Gasteiger partial charge in [0.1, 0.15) is 0 Å². The highest BCUT2D eigenvalue weighted by atomic mass is 16.1. The summed E-state index contributed by atoms with van der Waals surface area (Å²) in [5, 5.41) is 7.04. The van der Waals surface area contributed by atoms with Crippen LogP contribution in [0.5, 0.6) is 0 Å². The zero-order chi connectivity index (χ0) is 15.0. The maximum atomic E-state index is 12.6. The van der Waals surface area contributed by atoms with Gasteiger partial charge in [0.25, 0.3) is 0 Å². The van der Waals surface area contributed by atoms with E-state index < -0.39 is 0 Å². The molecule has 1 amide bonds. The van der Waals surface area contributed by atoms with E-state index in [0.717, 1.165) is 12.8 Å². The zero-order valence-corrected chi connectivity index (χ0v) is 13.2. The number of fused-ring (bicyclic) bond motifs is 2. The number of benzene rings is 1. The van der Waals surface area contributed by atoms with E-state index in [2.05, 4.69) is 34.9 Å². The van der Waals surface area contributed by atoms with Crippen LogP contribution in [-0.4, -0.2) is 18.0 Å². The van der Waals surface area contributed by atoms with Crippen LogP contribution in [-0.2, 0) is 10.3 Å². The number of piperidine rings is 1. The zero-order valence-electron chi connectivity index (χ0n) is 13.2. The molecule has 3 heteroatoms. The van der Waals surface area contributed by atoms with Crippen molar-refractivity contribution in [1.82, 2.24) is 10.6 Å². The van der Waals surface area contributed by atoms with Crippen molar-refractivity contribution in [1.29, 1.82) is 0 Å². The van der Waals surface area contributed by atoms with Crippen molar-refractivity contribution in [2.75, 3.05) is 0 Å². The molecular formula is C19H26N2O. The summed E-state index contributed by atoms with van der Waals surface area (Å²) in [6, 6.07) is 11.8. The van der Waals surface area contributed by atoms with Crippen molar-refractivity contribution in [3.63, 3.8) is 0 Å². The first-order valence-electron chi connectivity index (χ1n) is 8.86. The summed E-state index contributed by atoms with van der Waals surface area (Å²) in [4.78, 5) is 12.6. The fourth-order valence-electron chi connectivity index (χ4n) is 4.70. The lowest BCUT2D eigenvalue weighted by atomic mass is 9.71. The third-order valence-electron chi connectivity index (χ3n) is 5.96. The average molecular weight is 298 g/mol. The van der Waals surface area contributed by atoms with Gasteiger partial charge >= 0.3 is 0 Å². The molecule has 2 aliphatic heterocycles. The SMILES string of the molecule is O=C(CC1CC2CCC(C1)N2)NC1(c2ccccc2)CCC1. The normalized spacial score (nSPS) is 32.3. The van der Waals surface area contributed by atoms with Crippen molar-refractivity contribution < 1.29 is 4.79 Å². The predicted octanol–water partition coefficient (Wildman–Crippen LogP) is 3.10. The molecule has 0 spiro atoms. The van der Waals surface area contributed by atoms with Gasteiger partial charge in [-0.25, -0.2) is 0 Å². The van der Waals surface area contributed by atoms with Crippen LogP contribution in [0.15, 0.2) is 30.3 Å². The fraction of sp³-hybridized carbons (Fsp3) is 0.632. The number of carbonyl (C=O) groups is 1. The quantitative estimate of drug-likeness (QED) is 0.897. The molecule has 1 aliphatic carbocycles. The molecule has 2 N–H and O–H groups in total. The molecule has 2 unspecified atom stereocenters. The van der Waals surface area contributed by atoms with Gasteiger partial charge in [0.2, 0.25) is 5.91 Å². The van der Waals surface area contributed by atoms with Crippen molar-refractivity contribution in [2.24, 2.45) is 5.92 Å². The average Bonchev–Trinajstić information content (AvgIpc) is 2.83. The third-order valence-corrected chi connectivity index (χ3v) is 5.96. The number of hydrogen-bond donors (Lipinski definition) is 2. The first-order chi connectivity index (χ1) is 10.7. The lowest BCUT2D eigenvalue weighted by molar-refractivity contribution is -0.125. The Balaban J connectivity index is 1.39. The Morgan fingerprint density at radius 3 is 2.41 bits per heavy atom.